The van der Waals surface area contributed by atoms with Crippen LogP contribution in [-0.2, 0) is 19.6 Å². The molecule has 1 aliphatic heterocycles. The van der Waals surface area contributed by atoms with Crippen LogP contribution < -0.4 is 10.0 Å². The Balaban J connectivity index is 1.96. The number of rotatable bonds is 10. The maximum Gasteiger partial charge on any atom is 0.244 e. The van der Waals surface area contributed by atoms with Crippen LogP contribution in [0.4, 0.5) is 4.39 Å². The molecule has 0 aliphatic carbocycles. The van der Waals surface area contributed by atoms with Crippen LogP contribution in [0.1, 0.15) is 25.7 Å². The van der Waals surface area contributed by atoms with E-state index in [-0.39, 0.29) is 25.3 Å². The number of carbonyl (C=O) groups is 2. The summed E-state index contributed by atoms with van der Waals surface area (Å²) < 4.78 is 41.1. The Hall–Kier alpha value is -1.65. The van der Waals surface area contributed by atoms with E-state index in [0.29, 0.717) is 5.75 Å². The number of nitrogens with zero attached hydrogens (tertiary/aromatic N) is 1. The molecular formula is C18H26FN3O4S2. The molecule has 1 atom stereocenters. The van der Waals surface area contributed by atoms with Crippen molar-refractivity contribution in [3.8, 4) is 0 Å². The number of carbonyl (C=O) groups excluding carboxylic acids is 2. The molecule has 1 aromatic carbocycles. The Bertz CT molecular complexity index is 783. The molecule has 1 unspecified atom stereocenters. The van der Waals surface area contributed by atoms with E-state index in [0.717, 1.165) is 38.1 Å². The lowest BCUT2D eigenvalue weighted by Gasteiger charge is -2.19. The Labute approximate surface area is 169 Å². The molecule has 1 aromatic rings. The van der Waals surface area contributed by atoms with E-state index in [4.69, 9.17) is 0 Å². The summed E-state index contributed by atoms with van der Waals surface area (Å²) in [5.41, 5.74) is 0. The van der Waals surface area contributed by atoms with Gasteiger partial charge in [0.25, 0.3) is 0 Å². The fraction of sp³-hybridized carbons (Fsp3) is 0.556. The average molecular weight is 432 g/mol. The van der Waals surface area contributed by atoms with Gasteiger partial charge in [-0.15, -0.1) is 0 Å². The number of sulfonamides is 1. The highest BCUT2D eigenvalue weighted by Crippen LogP contribution is 2.15. The SMILES string of the molecule is CSCCC(NS(=O)(=O)c1ccccc1F)C(=O)NCCC(=O)N1CCCC1. The van der Waals surface area contributed by atoms with E-state index in [1.54, 1.807) is 4.90 Å². The topological polar surface area (TPSA) is 95.6 Å². The van der Waals surface area contributed by atoms with E-state index in [1.165, 1.54) is 23.9 Å². The quantitative estimate of drug-likeness (QED) is 0.583. The Morgan fingerprint density at radius 3 is 2.57 bits per heavy atom. The first-order valence-corrected chi connectivity index (χ1v) is 12.0. The second-order valence-corrected chi connectivity index (χ2v) is 9.18. The highest BCUT2D eigenvalue weighted by atomic mass is 32.2. The number of benzene rings is 1. The second kappa shape index (κ2) is 10.8. The number of thioether (sulfide) groups is 1. The fourth-order valence-electron chi connectivity index (χ4n) is 2.93. The molecule has 1 aliphatic rings. The van der Waals surface area contributed by atoms with E-state index in [2.05, 4.69) is 10.0 Å². The van der Waals surface area contributed by atoms with Crippen molar-refractivity contribution >= 4 is 33.6 Å². The van der Waals surface area contributed by atoms with E-state index < -0.39 is 32.7 Å². The number of hydrogen-bond donors (Lipinski definition) is 2. The molecule has 1 fully saturated rings. The lowest BCUT2D eigenvalue weighted by atomic mass is 10.2. The zero-order chi connectivity index (χ0) is 20.6. The molecule has 2 rings (SSSR count). The van der Waals surface area contributed by atoms with Crippen molar-refractivity contribution < 1.29 is 22.4 Å². The number of halogens is 1. The molecule has 10 heteroatoms. The summed E-state index contributed by atoms with van der Waals surface area (Å²) in [7, 11) is -4.19. The molecule has 0 bridgehead atoms. The molecular weight excluding hydrogens is 405 g/mol. The van der Waals surface area contributed by atoms with Crippen molar-refractivity contribution in [2.75, 3.05) is 31.6 Å². The van der Waals surface area contributed by atoms with Gasteiger partial charge in [0.1, 0.15) is 16.8 Å². The minimum Gasteiger partial charge on any atom is -0.354 e. The molecule has 28 heavy (non-hydrogen) atoms. The number of likely N-dealkylation sites (tertiary alicyclic amines) is 1. The third-order valence-electron chi connectivity index (χ3n) is 4.45. The molecule has 0 radical (unpaired) electrons. The van der Waals surface area contributed by atoms with E-state index >= 15 is 0 Å². The smallest absolute Gasteiger partial charge is 0.244 e. The summed E-state index contributed by atoms with van der Waals surface area (Å²) in [6.45, 7) is 1.61. The zero-order valence-electron chi connectivity index (χ0n) is 15.8. The summed E-state index contributed by atoms with van der Waals surface area (Å²) in [5, 5.41) is 2.62. The van der Waals surface area contributed by atoms with Crippen LogP contribution in [0.5, 0.6) is 0 Å². The summed E-state index contributed by atoms with van der Waals surface area (Å²) in [6, 6.07) is 3.96. The predicted octanol–water partition coefficient (Wildman–Crippen LogP) is 1.35. The normalized spacial score (nSPS) is 15.4. The van der Waals surface area contributed by atoms with Crippen LogP contribution in [0.2, 0.25) is 0 Å². The molecule has 1 saturated heterocycles. The van der Waals surface area contributed by atoms with Gasteiger partial charge in [-0.05, 0) is 43.4 Å². The lowest BCUT2D eigenvalue weighted by molar-refractivity contribution is -0.130. The minimum absolute atomic E-state index is 0.0228. The lowest BCUT2D eigenvalue weighted by Crippen LogP contribution is -2.47. The molecule has 0 aromatic heterocycles. The number of amides is 2. The van der Waals surface area contributed by atoms with Gasteiger partial charge in [-0.1, -0.05) is 12.1 Å². The zero-order valence-corrected chi connectivity index (χ0v) is 17.5. The maximum atomic E-state index is 13.9. The Kier molecular flexibility index (Phi) is 8.71. The van der Waals surface area contributed by atoms with Crippen LogP contribution in [0.15, 0.2) is 29.2 Å². The Morgan fingerprint density at radius 1 is 1.25 bits per heavy atom. The van der Waals surface area contributed by atoms with Crippen molar-refractivity contribution in [3.05, 3.63) is 30.1 Å². The van der Waals surface area contributed by atoms with Gasteiger partial charge in [0, 0.05) is 26.1 Å². The Morgan fingerprint density at radius 2 is 1.93 bits per heavy atom. The van der Waals surface area contributed by atoms with E-state index in [9.17, 15) is 22.4 Å². The monoisotopic (exact) mass is 431 g/mol. The molecule has 7 nitrogen and oxygen atoms in total. The van der Waals surface area contributed by atoms with Gasteiger partial charge < -0.3 is 10.2 Å². The van der Waals surface area contributed by atoms with Crippen molar-refractivity contribution in [1.29, 1.82) is 0 Å². The highest BCUT2D eigenvalue weighted by Gasteiger charge is 2.27. The summed E-state index contributed by atoms with van der Waals surface area (Å²) in [6.07, 6.45) is 4.25. The third-order valence-corrected chi connectivity index (χ3v) is 6.60. The van der Waals surface area contributed by atoms with Crippen molar-refractivity contribution in [3.63, 3.8) is 0 Å². The fourth-order valence-corrected chi connectivity index (χ4v) is 4.71. The predicted molar refractivity (Wildman–Crippen MR) is 107 cm³/mol. The second-order valence-electron chi connectivity index (χ2n) is 6.51. The number of nitrogens with one attached hydrogen (secondary N) is 2. The highest BCUT2D eigenvalue weighted by molar-refractivity contribution is 7.98. The summed E-state index contributed by atoms with van der Waals surface area (Å²) >= 11 is 1.47. The molecule has 0 spiro atoms. The summed E-state index contributed by atoms with van der Waals surface area (Å²) in [5.74, 6) is -0.881. The first kappa shape index (κ1) is 22.6. The van der Waals surface area contributed by atoms with Crippen LogP contribution in [0, 0.1) is 5.82 Å². The average Bonchev–Trinajstić information content (AvgIpc) is 3.20. The van der Waals surface area contributed by atoms with Crippen molar-refractivity contribution in [1.82, 2.24) is 14.9 Å². The molecule has 2 amide bonds. The van der Waals surface area contributed by atoms with Gasteiger partial charge in [-0.25, -0.2) is 12.8 Å². The number of hydrogen-bond acceptors (Lipinski definition) is 5. The van der Waals surface area contributed by atoms with Crippen molar-refractivity contribution in [2.24, 2.45) is 0 Å². The maximum absolute atomic E-state index is 13.9. The molecule has 156 valence electrons. The molecule has 1 heterocycles. The van der Waals surface area contributed by atoms with Gasteiger partial charge in [-0.2, -0.15) is 16.5 Å². The van der Waals surface area contributed by atoms with Gasteiger partial charge in [0.05, 0.1) is 0 Å². The van der Waals surface area contributed by atoms with Gasteiger partial charge in [-0.3, -0.25) is 9.59 Å². The third kappa shape index (κ3) is 6.46. The van der Waals surface area contributed by atoms with E-state index in [1.807, 2.05) is 6.26 Å². The van der Waals surface area contributed by atoms with Crippen LogP contribution >= 0.6 is 11.8 Å². The molecule has 0 saturated carbocycles. The van der Waals surface area contributed by atoms with Crippen molar-refractivity contribution in [2.45, 2.75) is 36.6 Å². The standard InChI is InChI=1S/C18H26FN3O4S2/c1-27-13-9-15(21-28(25,26)16-7-3-2-6-14(16)19)18(24)20-10-8-17(23)22-11-4-5-12-22/h2-3,6-7,15,21H,4-5,8-13H2,1H3,(H,20,24). The first-order chi connectivity index (χ1) is 13.3. The largest absolute Gasteiger partial charge is 0.354 e. The molecule has 2 N–H and O–H groups in total. The van der Waals surface area contributed by atoms with Crippen LogP contribution in [0.3, 0.4) is 0 Å². The summed E-state index contributed by atoms with van der Waals surface area (Å²) in [4.78, 5) is 25.8. The van der Waals surface area contributed by atoms with Gasteiger partial charge >= 0.3 is 0 Å². The first-order valence-electron chi connectivity index (χ1n) is 9.16. The van der Waals surface area contributed by atoms with Gasteiger partial charge in [0.15, 0.2) is 0 Å². The van der Waals surface area contributed by atoms with Crippen LogP contribution in [0.25, 0.3) is 0 Å². The minimum atomic E-state index is -4.19. The van der Waals surface area contributed by atoms with Crippen LogP contribution in [-0.4, -0.2) is 62.8 Å². The van der Waals surface area contributed by atoms with Gasteiger partial charge in [0.2, 0.25) is 21.8 Å².